The smallest absolute Gasteiger partial charge is 0.0706 e. The van der Waals surface area contributed by atoms with Gasteiger partial charge in [0, 0.05) is 5.39 Å². The van der Waals surface area contributed by atoms with Gasteiger partial charge in [-0.15, -0.1) is 0 Å². The number of hydrogen-bond donors (Lipinski definition) is 1. The van der Waals surface area contributed by atoms with E-state index in [2.05, 4.69) is 18.0 Å². The number of benzene rings is 1. The summed E-state index contributed by atoms with van der Waals surface area (Å²) >= 11 is 0. The van der Waals surface area contributed by atoms with Gasteiger partial charge in [-0.05, 0) is 18.1 Å². The monoisotopic (exact) mass is 172 g/mol. The summed E-state index contributed by atoms with van der Waals surface area (Å²) in [4.78, 5) is 4.26. The number of hydrogen-bond acceptors (Lipinski definition) is 2. The van der Waals surface area contributed by atoms with Crippen LogP contribution in [0.25, 0.3) is 10.9 Å². The first-order valence-corrected chi connectivity index (χ1v) is 4.45. The number of nitrogens with zero attached hydrogens (tertiary/aromatic N) is 1. The number of nitrogens with two attached hydrogens (primary N) is 1. The van der Waals surface area contributed by atoms with E-state index in [4.69, 9.17) is 5.73 Å². The molecule has 0 saturated carbocycles. The largest absolute Gasteiger partial charge is 0.397 e. The summed E-state index contributed by atoms with van der Waals surface area (Å²) in [6.45, 7) is 2.11. The highest BCUT2D eigenvalue weighted by Gasteiger charge is 2.02. The SMILES string of the molecule is CCc1c(N)cnc2ccccc12. The molecule has 2 nitrogen and oxygen atoms in total. The summed E-state index contributed by atoms with van der Waals surface area (Å²) in [7, 11) is 0. The lowest BCUT2D eigenvalue weighted by molar-refractivity contribution is 1.15. The van der Waals surface area contributed by atoms with E-state index in [1.54, 1.807) is 6.20 Å². The van der Waals surface area contributed by atoms with Crippen LogP contribution < -0.4 is 5.73 Å². The molecule has 0 saturated heterocycles. The third-order valence-electron chi connectivity index (χ3n) is 2.27. The number of nitrogen functional groups attached to an aromatic ring is 1. The van der Waals surface area contributed by atoms with Gasteiger partial charge in [0.05, 0.1) is 17.4 Å². The number of para-hydroxylation sites is 1. The fourth-order valence-electron chi connectivity index (χ4n) is 1.61. The van der Waals surface area contributed by atoms with Crippen molar-refractivity contribution in [1.82, 2.24) is 4.98 Å². The molecule has 1 aromatic carbocycles. The van der Waals surface area contributed by atoms with Crippen LogP contribution >= 0.6 is 0 Å². The van der Waals surface area contributed by atoms with E-state index in [0.29, 0.717) is 0 Å². The highest BCUT2D eigenvalue weighted by Crippen LogP contribution is 2.21. The molecule has 66 valence electrons. The van der Waals surface area contributed by atoms with Crippen molar-refractivity contribution in [2.75, 3.05) is 5.73 Å². The van der Waals surface area contributed by atoms with Crippen molar-refractivity contribution in [1.29, 1.82) is 0 Å². The molecule has 0 aliphatic carbocycles. The maximum Gasteiger partial charge on any atom is 0.0706 e. The number of aromatic nitrogens is 1. The lowest BCUT2D eigenvalue weighted by Crippen LogP contribution is -1.95. The Morgan fingerprint density at radius 2 is 2.08 bits per heavy atom. The molecule has 13 heavy (non-hydrogen) atoms. The van der Waals surface area contributed by atoms with Crippen molar-refractivity contribution < 1.29 is 0 Å². The molecule has 0 bridgehead atoms. The van der Waals surface area contributed by atoms with Crippen molar-refractivity contribution in [3.05, 3.63) is 36.0 Å². The molecule has 0 fully saturated rings. The van der Waals surface area contributed by atoms with Crippen molar-refractivity contribution in [3.8, 4) is 0 Å². The average molecular weight is 172 g/mol. The van der Waals surface area contributed by atoms with Crippen LogP contribution in [0.3, 0.4) is 0 Å². The minimum atomic E-state index is 0.793. The highest BCUT2D eigenvalue weighted by molar-refractivity contribution is 5.85. The number of rotatable bonds is 1. The van der Waals surface area contributed by atoms with E-state index in [0.717, 1.165) is 17.6 Å². The number of anilines is 1. The third kappa shape index (κ3) is 1.24. The summed E-state index contributed by atoms with van der Waals surface area (Å²) in [6.07, 6.45) is 2.69. The first-order chi connectivity index (χ1) is 6.33. The number of fused-ring (bicyclic) bond motifs is 1. The Balaban J connectivity index is 2.84. The molecule has 0 amide bonds. The summed E-state index contributed by atoms with van der Waals surface area (Å²) in [6, 6.07) is 8.08. The molecule has 0 atom stereocenters. The van der Waals surface area contributed by atoms with Crippen LogP contribution in [-0.2, 0) is 6.42 Å². The normalized spacial score (nSPS) is 10.5. The van der Waals surface area contributed by atoms with E-state index >= 15 is 0 Å². The molecular weight excluding hydrogens is 160 g/mol. The molecule has 2 rings (SSSR count). The van der Waals surface area contributed by atoms with Crippen LogP contribution in [0.2, 0.25) is 0 Å². The second-order valence-corrected chi connectivity index (χ2v) is 3.06. The van der Waals surface area contributed by atoms with Crippen molar-refractivity contribution >= 4 is 16.6 Å². The quantitative estimate of drug-likeness (QED) is 0.717. The molecule has 0 aliphatic rings. The minimum Gasteiger partial charge on any atom is -0.397 e. The van der Waals surface area contributed by atoms with Gasteiger partial charge in [-0.25, -0.2) is 0 Å². The van der Waals surface area contributed by atoms with E-state index < -0.39 is 0 Å². The Bertz CT molecular complexity index is 435. The first kappa shape index (κ1) is 8.05. The molecule has 2 heteroatoms. The van der Waals surface area contributed by atoms with Gasteiger partial charge < -0.3 is 5.73 Å². The van der Waals surface area contributed by atoms with Gasteiger partial charge in [-0.2, -0.15) is 0 Å². The Kier molecular flexibility index (Phi) is 1.89. The molecule has 2 aromatic rings. The van der Waals surface area contributed by atoms with Crippen LogP contribution in [0, 0.1) is 0 Å². The minimum absolute atomic E-state index is 0.793. The number of aryl methyl sites for hydroxylation is 1. The predicted molar refractivity (Wildman–Crippen MR) is 55.5 cm³/mol. The lowest BCUT2D eigenvalue weighted by atomic mass is 10.1. The van der Waals surface area contributed by atoms with Crippen LogP contribution in [-0.4, -0.2) is 4.98 Å². The zero-order valence-electron chi connectivity index (χ0n) is 7.62. The Morgan fingerprint density at radius 3 is 2.85 bits per heavy atom. The Labute approximate surface area is 77.4 Å². The van der Waals surface area contributed by atoms with Crippen LogP contribution in [0.1, 0.15) is 12.5 Å². The predicted octanol–water partition coefficient (Wildman–Crippen LogP) is 2.38. The van der Waals surface area contributed by atoms with Crippen LogP contribution in [0.15, 0.2) is 30.5 Å². The van der Waals surface area contributed by atoms with Gasteiger partial charge in [0.1, 0.15) is 0 Å². The van der Waals surface area contributed by atoms with Crippen molar-refractivity contribution in [3.63, 3.8) is 0 Å². The summed E-state index contributed by atoms with van der Waals surface area (Å²) in [5, 5.41) is 1.17. The Morgan fingerprint density at radius 1 is 1.31 bits per heavy atom. The molecule has 2 N–H and O–H groups in total. The van der Waals surface area contributed by atoms with Gasteiger partial charge >= 0.3 is 0 Å². The molecular formula is C11H12N2. The number of pyridine rings is 1. The maximum atomic E-state index is 5.83. The fraction of sp³-hybridized carbons (Fsp3) is 0.182. The zero-order valence-corrected chi connectivity index (χ0v) is 7.62. The summed E-state index contributed by atoms with van der Waals surface area (Å²) in [5.74, 6) is 0. The lowest BCUT2D eigenvalue weighted by Gasteiger charge is -2.06. The maximum absolute atomic E-state index is 5.83. The van der Waals surface area contributed by atoms with Gasteiger partial charge in [0.2, 0.25) is 0 Å². The first-order valence-electron chi connectivity index (χ1n) is 4.45. The van der Waals surface area contributed by atoms with E-state index in [9.17, 15) is 0 Å². The van der Waals surface area contributed by atoms with E-state index in [1.165, 1.54) is 10.9 Å². The molecule has 0 spiro atoms. The standard InChI is InChI=1S/C11H12N2/c1-2-8-9-5-3-4-6-11(9)13-7-10(8)12/h3-7H,2,12H2,1H3. The second kappa shape index (κ2) is 3.05. The molecule has 1 heterocycles. The average Bonchev–Trinajstić information content (AvgIpc) is 2.18. The second-order valence-electron chi connectivity index (χ2n) is 3.06. The van der Waals surface area contributed by atoms with Crippen molar-refractivity contribution in [2.24, 2.45) is 0 Å². The third-order valence-corrected chi connectivity index (χ3v) is 2.27. The Hall–Kier alpha value is -1.57. The van der Waals surface area contributed by atoms with Crippen LogP contribution in [0.4, 0.5) is 5.69 Å². The summed E-state index contributed by atoms with van der Waals surface area (Å²) < 4.78 is 0. The topological polar surface area (TPSA) is 38.9 Å². The molecule has 0 aliphatic heterocycles. The molecule has 0 radical (unpaired) electrons. The highest BCUT2D eigenvalue weighted by atomic mass is 14.7. The van der Waals surface area contributed by atoms with Crippen LogP contribution in [0.5, 0.6) is 0 Å². The van der Waals surface area contributed by atoms with Gasteiger partial charge in [-0.1, -0.05) is 25.1 Å². The van der Waals surface area contributed by atoms with Gasteiger partial charge in [0.25, 0.3) is 0 Å². The van der Waals surface area contributed by atoms with Gasteiger partial charge in [0.15, 0.2) is 0 Å². The van der Waals surface area contributed by atoms with E-state index in [-0.39, 0.29) is 0 Å². The molecule has 1 aromatic heterocycles. The van der Waals surface area contributed by atoms with Crippen molar-refractivity contribution in [2.45, 2.75) is 13.3 Å². The summed E-state index contributed by atoms with van der Waals surface area (Å²) in [5.41, 5.74) is 8.85. The molecule has 0 unspecified atom stereocenters. The van der Waals surface area contributed by atoms with E-state index in [1.807, 2.05) is 18.2 Å². The fourth-order valence-corrected chi connectivity index (χ4v) is 1.61. The zero-order chi connectivity index (χ0) is 9.26. The van der Waals surface area contributed by atoms with Gasteiger partial charge in [-0.3, -0.25) is 4.98 Å².